The normalized spacial score (nSPS) is 20.2. The predicted molar refractivity (Wildman–Crippen MR) is 76.0 cm³/mol. The summed E-state index contributed by atoms with van der Waals surface area (Å²) < 4.78 is 14.2. The van der Waals surface area contributed by atoms with Gasteiger partial charge in [-0.2, -0.15) is 0 Å². The van der Waals surface area contributed by atoms with E-state index in [1.165, 1.54) is 12.8 Å². The molecule has 0 saturated carbocycles. The topological polar surface area (TPSA) is 29.3 Å². The minimum absolute atomic E-state index is 0.128. The lowest BCUT2D eigenvalue weighted by Crippen LogP contribution is -2.29. The number of nitrogens with two attached hydrogens (primary N) is 1. The van der Waals surface area contributed by atoms with Gasteiger partial charge >= 0.3 is 0 Å². The molecule has 1 unspecified atom stereocenters. The second-order valence-corrected chi connectivity index (χ2v) is 5.26. The fourth-order valence-corrected chi connectivity index (χ4v) is 2.83. The van der Waals surface area contributed by atoms with E-state index in [2.05, 4.69) is 11.8 Å². The number of likely N-dealkylation sites (tertiary alicyclic amines) is 1. The van der Waals surface area contributed by atoms with Gasteiger partial charge in [0.25, 0.3) is 0 Å². The molecule has 1 fully saturated rings. The van der Waals surface area contributed by atoms with E-state index in [9.17, 15) is 4.39 Å². The summed E-state index contributed by atoms with van der Waals surface area (Å²) in [4.78, 5) is 2.48. The number of hydrogen-bond donors (Lipinski definition) is 1. The fraction of sp³-hybridized carbons (Fsp3) is 0.500. The van der Waals surface area contributed by atoms with Crippen LogP contribution in [-0.2, 0) is 6.54 Å². The summed E-state index contributed by atoms with van der Waals surface area (Å²) in [6.45, 7) is 3.89. The van der Waals surface area contributed by atoms with Crippen LogP contribution >= 0.6 is 12.2 Å². The monoisotopic (exact) mass is 266 g/mol. The minimum Gasteiger partial charge on any atom is -0.389 e. The van der Waals surface area contributed by atoms with Gasteiger partial charge in [0.05, 0.1) is 0 Å². The van der Waals surface area contributed by atoms with Crippen LogP contribution in [0, 0.1) is 5.82 Å². The lowest BCUT2D eigenvalue weighted by molar-refractivity contribution is 0.237. The van der Waals surface area contributed by atoms with E-state index in [0.29, 0.717) is 23.7 Å². The standard InChI is InChI=1S/C14H19FN2S/c1-2-11-6-4-8-17(11)9-10-5-3-7-12(13(10)15)14(16)18/h3,5,7,11H,2,4,6,8-9H2,1H3,(H2,16,18). The summed E-state index contributed by atoms with van der Waals surface area (Å²) in [5.74, 6) is -0.258. The molecular weight excluding hydrogens is 247 g/mol. The molecule has 1 heterocycles. The summed E-state index contributed by atoms with van der Waals surface area (Å²) >= 11 is 4.86. The number of halogens is 1. The largest absolute Gasteiger partial charge is 0.389 e. The Morgan fingerprint density at radius 2 is 2.33 bits per heavy atom. The molecule has 0 aromatic heterocycles. The van der Waals surface area contributed by atoms with Crippen LogP contribution in [0.15, 0.2) is 18.2 Å². The highest BCUT2D eigenvalue weighted by molar-refractivity contribution is 7.80. The first-order valence-corrected chi connectivity index (χ1v) is 6.85. The molecule has 0 bridgehead atoms. The maximum atomic E-state index is 14.2. The quantitative estimate of drug-likeness (QED) is 0.850. The van der Waals surface area contributed by atoms with E-state index >= 15 is 0 Å². The molecule has 1 aromatic rings. The van der Waals surface area contributed by atoms with Gasteiger partial charge in [-0.15, -0.1) is 0 Å². The SMILES string of the molecule is CCC1CCCN1Cc1cccc(C(N)=S)c1F. The van der Waals surface area contributed by atoms with Crippen molar-refractivity contribution in [3.8, 4) is 0 Å². The molecule has 0 aliphatic carbocycles. The molecule has 0 amide bonds. The van der Waals surface area contributed by atoms with Crippen LogP contribution in [0.25, 0.3) is 0 Å². The van der Waals surface area contributed by atoms with E-state index in [1.807, 2.05) is 12.1 Å². The van der Waals surface area contributed by atoms with Gasteiger partial charge in [0.2, 0.25) is 0 Å². The van der Waals surface area contributed by atoms with Crippen molar-refractivity contribution < 1.29 is 4.39 Å². The van der Waals surface area contributed by atoms with Crippen molar-refractivity contribution in [3.63, 3.8) is 0 Å². The van der Waals surface area contributed by atoms with Gasteiger partial charge in [0.1, 0.15) is 10.8 Å². The third-order valence-corrected chi connectivity index (χ3v) is 3.91. The van der Waals surface area contributed by atoms with Gasteiger partial charge in [-0.1, -0.05) is 31.3 Å². The van der Waals surface area contributed by atoms with Crippen molar-refractivity contribution in [3.05, 3.63) is 35.1 Å². The van der Waals surface area contributed by atoms with E-state index in [0.717, 1.165) is 13.0 Å². The second kappa shape index (κ2) is 5.76. The first kappa shape index (κ1) is 13.4. The molecule has 1 aromatic carbocycles. The second-order valence-electron chi connectivity index (χ2n) is 4.82. The van der Waals surface area contributed by atoms with Crippen molar-refractivity contribution >= 4 is 17.2 Å². The molecule has 18 heavy (non-hydrogen) atoms. The number of nitrogens with zero attached hydrogens (tertiary/aromatic N) is 1. The van der Waals surface area contributed by atoms with Crippen molar-refractivity contribution in [1.29, 1.82) is 0 Å². The summed E-state index contributed by atoms with van der Waals surface area (Å²) in [6.07, 6.45) is 3.54. The van der Waals surface area contributed by atoms with Gasteiger partial charge in [0.15, 0.2) is 0 Å². The average Bonchev–Trinajstić information content (AvgIpc) is 2.78. The van der Waals surface area contributed by atoms with Crippen LogP contribution in [0.3, 0.4) is 0 Å². The summed E-state index contributed by atoms with van der Waals surface area (Å²) in [6, 6.07) is 5.87. The van der Waals surface area contributed by atoms with Gasteiger partial charge in [0, 0.05) is 23.7 Å². The number of hydrogen-bond acceptors (Lipinski definition) is 2. The third kappa shape index (κ3) is 2.70. The summed E-state index contributed by atoms with van der Waals surface area (Å²) in [7, 11) is 0. The summed E-state index contributed by atoms with van der Waals surface area (Å²) in [5.41, 5.74) is 6.57. The fourth-order valence-electron chi connectivity index (χ4n) is 2.68. The molecule has 98 valence electrons. The third-order valence-electron chi connectivity index (χ3n) is 3.69. The van der Waals surface area contributed by atoms with Crippen LogP contribution in [0.2, 0.25) is 0 Å². The number of rotatable bonds is 4. The Bertz CT molecular complexity index is 447. The summed E-state index contributed by atoms with van der Waals surface area (Å²) in [5, 5.41) is 0. The zero-order chi connectivity index (χ0) is 13.1. The van der Waals surface area contributed by atoms with E-state index in [-0.39, 0.29) is 10.8 Å². The van der Waals surface area contributed by atoms with Gasteiger partial charge < -0.3 is 5.73 Å². The Labute approximate surface area is 113 Å². The van der Waals surface area contributed by atoms with Crippen molar-refractivity contribution in [2.75, 3.05) is 6.54 Å². The van der Waals surface area contributed by atoms with E-state index in [1.54, 1.807) is 6.07 Å². The van der Waals surface area contributed by atoms with Gasteiger partial charge in [-0.25, -0.2) is 4.39 Å². The number of benzene rings is 1. The Morgan fingerprint density at radius 3 is 3.00 bits per heavy atom. The van der Waals surface area contributed by atoms with Gasteiger partial charge in [-0.3, -0.25) is 4.90 Å². The zero-order valence-electron chi connectivity index (χ0n) is 10.7. The van der Waals surface area contributed by atoms with E-state index < -0.39 is 0 Å². The minimum atomic E-state index is -0.258. The molecule has 0 radical (unpaired) electrons. The molecular formula is C14H19FN2S. The first-order valence-electron chi connectivity index (χ1n) is 6.44. The van der Waals surface area contributed by atoms with Crippen LogP contribution in [-0.4, -0.2) is 22.5 Å². The maximum absolute atomic E-state index is 14.2. The molecule has 2 nitrogen and oxygen atoms in total. The molecule has 1 aliphatic heterocycles. The smallest absolute Gasteiger partial charge is 0.137 e. The molecule has 1 saturated heterocycles. The molecule has 2 rings (SSSR count). The Hall–Kier alpha value is -1.00. The molecule has 0 spiro atoms. The van der Waals surface area contributed by atoms with Crippen LogP contribution < -0.4 is 5.73 Å². The van der Waals surface area contributed by atoms with Crippen LogP contribution in [0.1, 0.15) is 37.3 Å². The first-order chi connectivity index (χ1) is 8.63. The van der Waals surface area contributed by atoms with Crippen LogP contribution in [0.5, 0.6) is 0 Å². The average molecular weight is 266 g/mol. The van der Waals surface area contributed by atoms with Crippen LogP contribution in [0.4, 0.5) is 4.39 Å². The molecule has 2 N–H and O–H groups in total. The highest BCUT2D eigenvalue weighted by Gasteiger charge is 2.24. The molecule has 4 heteroatoms. The lowest BCUT2D eigenvalue weighted by Gasteiger charge is -2.23. The predicted octanol–water partition coefficient (Wildman–Crippen LogP) is 2.83. The van der Waals surface area contributed by atoms with Crippen molar-refractivity contribution in [1.82, 2.24) is 4.90 Å². The number of thiocarbonyl (C=S) groups is 1. The molecule has 1 atom stereocenters. The van der Waals surface area contributed by atoms with E-state index in [4.69, 9.17) is 18.0 Å². The Morgan fingerprint density at radius 1 is 1.56 bits per heavy atom. The Kier molecular flexibility index (Phi) is 4.30. The maximum Gasteiger partial charge on any atom is 0.137 e. The highest BCUT2D eigenvalue weighted by Crippen LogP contribution is 2.24. The van der Waals surface area contributed by atoms with Gasteiger partial charge in [-0.05, 0) is 31.9 Å². The molecule has 1 aliphatic rings. The van der Waals surface area contributed by atoms with Crippen molar-refractivity contribution in [2.24, 2.45) is 5.73 Å². The lowest BCUT2D eigenvalue weighted by atomic mass is 10.1. The highest BCUT2D eigenvalue weighted by atomic mass is 32.1. The van der Waals surface area contributed by atoms with Crippen molar-refractivity contribution in [2.45, 2.75) is 38.8 Å². The zero-order valence-corrected chi connectivity index (χ0v) is 11.5. The Balaban J connectivity index is 2.19.